The summed E-state index contributed by atoms with van der Waals surface area (Å²) >= 11 is 0. The molecule has 1 saturated carbocycles. The third kappa shape index (κ3) is 3.64. The van der Waals surface area contributed by atoms with E-state index >= 15 is 0 Å². The quantitative estimate of drug-likeness (QED) is 0.888. The van der Waals surface area contributed by atoms with E-state index in [1.54, 1.807) is 0 Å². The van der Waals surface area contributed by atoms with Crippen molar-refractivity contribution in [3.63, 3.8) is 0 Å². The summed E-state index contributed by atoms with van der Waals surface area (Å²) in [7, 11) is 0. The van der Waals surface area contributed by atoms with Gasteiger partial charge in [0.15, 0.2) is 6.61 Å². The Hall–Kier alpha value is -1.69. The predicted molar refractivity (Wildman–Crippen MR) is 77.2 cm³/mol. The van der Waals surface area contributed by atoms with Gasteiger partial charge in [-0.2, -0.15) is 5.26 Å². The molecule has 1 fully saturated rings. The van der Waals surface area contributed by atoms with Gasteiger partial charge in [0, 0.05) is 17.8 Å². The zero-order valence-electron chi connectivity index (χ0n) is 11.8. The minimum absolute atomic E-state index is 0.0956. The normalized spacial score (nSPS) is 21.4. The number of ether oxygens (including phenoxy) is 1. The lowest BCUT2D eigenvalue weighted by Gasteiger charge is -2.39. The molecule has 1 N–H and O–H groups in total. The molecular formula is C16H22N2O. The van der Waals surface area contributed by atoms with Crippen LogP contribution in [0.2, 0.25) is 0 Å². The molecule has 0 radical (unpaired) electrons. The maximum Gasteiger partial charge on any atom is 0.174 e. The van der Waals surface area contributed by atoms with Gasteiger partial charge in [0.25, 0.3) is 0 Å². The van der Waals surface area contributed by atoms with Crippen molar-refractivity contribution >= 4 is 5.69 Å². The second-order valence-electron chi connectivity index (χ2n) is 5.91. The van der Waals surface area contributed by atoms with Gasteiger partial charge in [-0.25, -0.2) is 0 Å². The topological polar surface area (TPSA) is 45.0 Å². The first kappa shape index (κ1) is 13.7. The predicted octanol–water partition coefficient (Wildman–Crippen LogP) is 3.97. The summed E-state index contributed by atoms with van der Waals surface area (Å²) in [5, 5.41) is 12.2. The van der Waals surface area contributed by atoms with Crippen molar-refractivity contribution in [2.75, 3.05) is 11.9 Å². The van der Waals surface area contributed by atoms with Gasteiger partial charge in [-0.1, -0.05) is 32.8 Å². The van der Waals surface area contributed by atoms with Crippen molar-refractivity contribution in [1.82, 2.24) is 0 Å². The largest absolute Gasteiger partial charge is 0.479 e. The minimum atomic E-state index is 0.0956. The Morgan fingerprint density at radius 2 is 2.26 bits per heavy atom. The highest BCUT2D eigenvalue weighted by molar-refractivity contribution is 5.49. The molecule has 3 nitrogen and oxygen atoms in total. The highest BCUT2D eigenvalue weighted by Gasteiger charge is 2.31. The van der Waals surface area contributed by atoms with E-state index in [4.69, 9.17) is 10.00 Å². The first-order valence-electron chi connectivity index (χ1n) is 6.98. The summed E-state index contributed by atoms with van der Waals surface area (Å²) in [6.07, 6.45) is 5.12. The third-order valence-corrected chi connectivity index (χ3v) is 3.99. The van der Waals surface area contributed by atoms with Gasteiger partial charge in [-0.3, -0.25) is 0 Å². The number of hydrogen-bond acceptors (Lipinski definition) is 3. The lowest BCUT2D eigenvalue weighted by atomic mass is 9.73. The number of rotatable bonds is 4. The molecule has 1 aliphatic carbocycles. The van der Waals surface area contributed by atoms with Gasteiger partial charge < -0.3 is 10.1 Å². The summed E-state index contributed by atoms with van der Waals surface area (Å²) in [6.45, 7) is 4.76. The van der Waals surface area contributed by atoms with Gasteiger partial charge in [-0.15, -0.1) is 0 Å². The molecule has 0 amide bonds. The molecule has 0 heterocycles. The molecule has 0 aromatic heterocycles. The van der Waals surface area contributed by atoms with Crippen molar-refractivity contribution in [3.8, 4) is 11.8 Å². The Balaban J connectivity index is 2.04. The molecule has 0 saturated heterocycles. The Morgan fingerprint density at radius 1 is 1.42 bits per heavy atom. The average molecular weight is 258 g/mol. The van der Waals surface area contributed by atoms with E-state index in [0.717, 1.165) is 11.4 Å². The van der Waals surface area contributed by atoms with Gasteiger partial charge in [0.05, 0.1) is 0 Å². The standard InChI is InChI=1S/C16H22N2O/c1-16(2)9-4-3-8-15(16)18-13-6-5-7-14(12-13)19-11-10-17/h5-7,12,15,18H,3-4,8-9,11H2,1-2H3. The average Bonchev–Trinajstić information content (AvgIpc) is 2.39. The van der Waals surface area contributed by atoms with E-state index in [-0.39, 0.29) is 6.61 Å². The van der Waals surface area contributed by atoms with Crippen molar-refractivity contribution in [1.29, 1.82) is 5.26 Å². The van der Waals surface area contributed by atoms with Crippen LogP contribution < -0.4 is 10.1 Å². The first-order valence-corrected chi connectivity index (χ1v) is 6.98. The van der Waals surface area contributed by atoms with Crippen LogP contribution in [0.25, 0.3) is 0 Å². The Kier molecular flexibility index (Phi) is 4.31. The summed E-state index contributed by atoms with van der Waals surface area (Å²) < 4.78 is 5.34. The number of hydrogen-bond donors (Lipinski definition) is 1. The smallest absolute Gasteiger partial charge is 0.174 e. The van der Waals surface area contributed by atoms with Crippen LogP contribution in [-0.2, 0) is 0 Å². The molecule has 3 heteroatoms. The van der Waals surface area contributed by atoms with Crippen molar-refractivity contribution in [2.45, 2.75) is 45.6 Å². The fourth-order valence-corrected chi connectivity index (χ4v) is 2.75. The highest BCUT2D eigenvalue weighted by atomic mass is 16.5. The van der Waals surface area contributed by atoms with Crippen LogP contribution in [0.1, 0.15) is 39.5 Å². The molecule has 0 spiro atoms. The molecule has 0 bridgehead atoms. The summed E-state index contributed by atoms with van der Waals surface area (Å²) in [6, 6.07) is 10.4. The third-order valence-electron chi connectivity index (χ3n) is 3.99. The zero-order valence-corrected chi connectivity index (χ0v) is 11.8. The second kappa shape index (κ2) is 5.97. The number of anilines is 1. The van der Waals surface area contributed by atoms with Gasteiger partial charge in [0.1, 0.15) is 11.8 Å². The summed E-state index contributed by atoms with van der Waals surface area (Å²) in [5.41, 5.74) is 1.41. The van der Waals surface area contributed by atoms with Crippen LogP contribution in [-0.4, -0.2) is 12.6 Å². The van der Waals surface area contributed by atoms with Gasteiger partial charge in [0.2, 0.25) is 0 Å². The van der Waals surface area contributed by atoms with E-state index < -0.39 is 0 Å². The van der Waals surface area contributed by atoms with E-state index in [9.17, 15) is 0 Å². The molecule has 0 aliphatic heterocycles. The monoisotopic (exact) mass is 258 g/mol. The van der Waals surface area contributed by atoms with Crippen LogP contribution >= 0.6 is 0 Å². The Bertz CT molecular complexity index is 462. The van der Waals surface area contributed by atoms with Crippen LogP contribution in [0.3, 0.4) is 0 Å². The van der Waals surface area contributed by atoms with Gasteiger partial charge in [-0.05, 0) is 30.4 Å². The Morgan fingerprint density at radius 3 is 3.00 bits per heavy atom. The van der Waals surface area contributed by atoms with Crippen molar-refractivity contribution < 1.29 is 4.74 Å². The minimum Gasteiger partial charge on any atom is -0.479 e. The molecule has 2 rings (SSSR count). The number of nitrogens with one attached hydrogen (secondary N) is 1. The van der Waals surface area contributed by atoms with E-state index in [0.29, 0.717) is 11.5 Å². The molecule has 1 aromatic carbocycles. The SMILES string of the molecule is CC1(C)CCCCC1Nc1cccc(OCC#N)c1. The van der Waals surface area contributed by atoms with Crippen LogP contribution in [0.15, 0.2) is 24.3 Å². The van der Waals surface area contributed by atoms with E-state index in [1.807, 2.05) is 24.3 Å². The number of benzene rings is 1. The fraction of sp³-hybridized carbons (Fsp3) is 0.562. The lowest BCUT2D eigenvalue weighted by Crippen LogP contribution is -2.38. The molecule has 102 valence electrons. The number of nitrogens with zero attached hydrogens (tertiary/aromatic N) is 1. The summed E-state index contributed by atoms with van der Waals surface area (Å²) in [5.74, 6) is 0.750. The highest BCUT2D eigenvalue weighted by Crippen LogP contribution is 2.37. The zero-order chi connectivity index (χ0) is 13.7. The first-order chi connectivity index (χ1) is 9.12. The maximum absolute atomic E-state index is 8.54. The Labute approximate surface area is 115 Å². The number of nitriles is 1. The molecular weight excluding hydrogens is 236 g/mol. The van der Waals surface area contributed by atoms with Crippen LogP contribution in [0, 0.1) is 16.7 Å². The lowest BCUT2D eigenvalue weighted by molar-refractivity contribution is 0.217. The van der Waals surface area contributed by atoms with E-state index in [1.165, 1.54) is 25.7 Å². The fourth-order valence-electron chi connectivity index (χ4n) is 2.75. The molecule has 1 unspecified atom stereocenters. The van der Waals surface area contributed by atoms with Crippen LogP contribution in [0.4, 0.5) is 5.69 Å². The molecule has 1 atom stereocenters. The van der Waals surface area contributed by atoms with Gasteiger partial charge >= 0.3 is 0 Å². The second-order valence-corrected chi connectivity index (χ2v) is 5.91. The summed E-state index contributed by atoms with van der Waals surface area (Å²) in [4.78, 5) is 0. The molecule has 1 aliphatic rings. The molecule has 1 aromatic rings. The molecule has 19 heavy (non-hydrogen) atoms. The van der Waals surface area contributed by atoms with Crippen LogP contribution in [0.5, 0.6) is 5.75 Å². The van der Waals surface area contributed by atoms with Crippen molar-refractivity contribution in [2.24, 2.45) is 5.41 Å². The maximum atomic E-state index is 8.54. The van der Waals surface area contributed by atoms with Crippen molar-refractivity contribution in [3.05, 3.63) is 24.3 Å². The van der Waals surface area contributed by atoms with E-state index in [2.05, 4.69) is 25.2 Å².